The van der Waals surface area contributed by atoms with E-state index in [1.54, 1.807) is 12.3 Å². The van der Waals surface area contributed by atoms with E-state index in [9.17, 15) is 15.0 Å². The number of hydrogen-bond donors (Lipinski definition) is 6. The summed E-state index contributed by atoms with van der Waals surface area (Å²) in [4.78, 5) is 21.2. The standard InChI is InChI=1S/C12H15N5O3/c13-12-16-10-8(11(20)17-12)5(4-15-10)3-14-6-1-2-7(18)9(6)19/h1-2,4,6-7,9,14,18-19H,3H2,(H4,13,15,16,17,20)/t6-,7-,9-/m0/s1. The van der Waals surface area contributed by atoms with E-state index in [2.05, 4.69) is 20.3 Å². The van der Waals surface area contributed by atoms with E-state index in [1.165, 1.54) is 6.08 Å². The normalized spacial score (nSPS) is 25.6. The number of aromatic amines is 2. The van der Waals surface area contributed by atoms with Gasteiger partial charge in [0.2, 0.25) is 5.95 Å². The minimum atomic E-state index is -0.882. The molecule has 0 spiro atoms. The average molecular weight is 277 g/mol. The van der Waals surface area contributed by atoms with Crippen LogP contribution in [-0.2, 0) is 6.54 Å². The van der Waals surface area contributed by atoms with Gasteiger partial charge in [0.1, 0.15) is 11.8 Å². The van der Waals surface area contributed by atoms with Gasteiger partial charge < -0.3 is 26.2 Å². The predicted molar refractivity (Wildman–Crippen MR) is 72.9 cm³/mol. The smallest absolute Gasteiger partial charge is 0.262 e. The maximum atomic E-state index is 11.9. The van der Waals surface area contributed by atoms with E-state index >= 15 is 0 Å². The first kappa shape index (κ1) is 12.9. The van der Waals surface area contributed by atoms with Crippen LogP contribution in [-0.4, -0.2) is 43.4 Å². The van der Waals surface area contributed by atoms with Crippen molar-refractivity contribution in [3.8, 4) is 0 Å². The molecule has 0 saturated carbocycles. The van der Waals surface area contributed by atoms with Crippen molar-refractivity contribution in [2.75, 3.05) is 5.73 Å². The molecular weight excluding hydrogens is 262 g/mol. The Hall–Kier alpha value is -2.16. The van der Waals surface area contributed by atoms with Gasteiger partial charge in [0.25, 0.3) is 5.56 Å². The third-order valence-corrected chi connectivity index (χ3v) is 3.40. The molecular formula is C12H15N5O3. The second-order valence-electron chi connectivity index (χ2n) is 4.76. The molecule has 0 bridgehead atoms. The zero-order valence-electron chi connectivity index (χ0n) is 10.5. The number of aliphatic hydroxyl groups is 2. The van der Waals surface area contributed by atoms with Gasteiger partial charge in [-0.2, -0.15) is 4.98 Å². The van der Waals surface area contributed by atoms with E-state index in [-0.39, 0.29) is 17.5 Å². The molecule has 0 amide bonds. The molecule has 0 unspecified atom stereocenters. The number of aromatic nitrogens is 3. The lowest BCUT2D eigenvalue weighted by atomic mass is 10.1. The van der Waals surface area contributed by atoms with Crippen LogP contribution in [0.5, 0.6) is 0 Å². The van der Waals surface area contributed by atoms with E-state index in [4.69, 9.17) is 5.73 Å². The molecule has 2 aromatic heterocycles. The number of anilines is 1. The van der Waals surface area contributed by atoms with E-state index in [1.807, 2.05) is 0 Å². The van der Waals surface area contributed by atoms with Gasteiger partial charge in [0.05, 0.1) is 17.5 Å². The maximum absolute atomic E-state index is 11.9. The molecule has 7 N–H and O–H groups in total. The van der Waals surface area contributed by atoms with Crippen molar-refractivity contribution in [1.82, 2.24) is 20.3 Å². The largest absolute Gasteiger partial charge is 0.388 e. The van der Waals surface area contributed by atoms with Crippen LogP contribution in [0.2, 0.25) is 0 Å². The highest BCUT2D eigenvalue weighted by Gasteiger charge is 2.27. The Labute approximate surface area is 113 Å². The number of rotatable bonds is 3. The molecule has 106 valence electrons. The molecule has 20 heavy (non-hydrogen) atoms. The molecule has 8 nitrogen and oxygen atoms in total. The Morgan fingerprint density at radius 1 is 1.40 bits per heavy atom. The van der Waals surface area contributed by atoms with Crippen LogP contribution in [0.25, 0.3) is 11.0 Å². The number of fused-ring (bicyclic) bond motifs is 1. The van der Waals surface area contributed by atoms with Gasteiger partial charge in [-0.05, 0) is 5.56 Å². The van der Waals surface area contributed by atoms with Gasteiger partial charge in [0.15, 0.2) is 0 Å². The lowest BCUT2D eigenvalue weighted by Crippen LogP contribution is -2.40. The SMILES string of the molecule is Nc1nc2[nH]cc(CN[C@H]3C=C[C@H](O)[C@H]3O)c2c(=O)[nH]1. The highest BCUT2D eigenvalue weighted by atomic mass is 16.3. The lowest BCUT2D eigenvalue weighted by Gasteiger charge is -2.17. The van der Waals surface area contributed by atoms with Crippen molar-refractivity contribution in [3.05, 3.63) is 34.3 Å². The number of nitrogens with zero attached hydrogens (tertiary/aromatic N) is 1. The van der Waals surface area contributed by atoms with E-state index in [0.717, 1.165) is 5.56 Å². The van der Waals surface area contributed by atoms with Crippen LogP contribution >= 0.6 is 0 Å². The zero-order chi connectivity index (χ0) is 14.3. The summed E-state index contributed by atoms with van der Waals surface area (Å²) in [6, 6.07) is -0.351. The van der Waals surface area contributed by atoms with Gasteiger partial charge in [-0.15, -0.1) is 0 Å². The fourth-order valence-electron chi connectivity index (χ4n) is 2.35. The van der Waals surface area contributed by atoms with E-state index < -0.39 is 12.2 Å². The van der Waals surface area contributed by atoms with Crippen molar-refractivity contribution < 1.29 is 10.2 Å². The van der Waals surface area contributed by atoms with Crippen molar-refractivity contribution in [3.63, 3.8) is 0 Å². The van der Waals surface area contributed by atoms with Crippen LogP contribution < -0.4 is 16.6 Å². The molecule has 3 atom stereocenters. The fourth-order valence-corrected chi connectivity index (χ4v) is 2.35. The van der Waals surface area contributed by atoms with Crippen molar-refractivity contribution >= 4 is 17.0 Å². The van der Waals surface area contributed by atoms with Crippen LogP contribution in [0, 0.1) is 0 Å². The first-order valence-corrected chi connectivity index (χ1v) is 6.20. The zero-order valence-corrected chi connectivity index (χ0v) is 10.5. The van der Waals surface area contributed by atoms with Crippen LogP contribution in [0.4, 0.5) is 5.95 Å². The van der Waals surface area contributed by atoms with Gasteiger partial charge in [-0.25, -0.2) is 0 Å². The third kappa shape index (κ3) is 2.09. The summed E-state index contributed by atoms with van der Waals surface area (Å²) in [6.45, 7) is 0.355. The maximum Gasteiger partial charge on any atom is 0.262 e. The summed E-state index contributed by atoms with van der Waals surface area (Å²) in [5.74, 6) is 0.0566. The third-order valence-electron chi connectivity index (χ3n) is 3.40. The number of nitrogen functional groups attached to an aromatic ring is 1. The number of nitrogens with two attached hydrogens (primary N) is 1. The van der Waals surface area contributed by atoms with Gasteiger partial charge in [0, 0.05) is 12.7 Å². The summed E-state index contributed by atoms with van der Waals surface area (Å²) < 4.78 is 0. The number of nitrogens with one attached hydrogen (secondary N) is 3. The van der Waals surface area contributed by atoms with Gasteiger partial charge >= 0.3 is 0 Å². The highest BCUT2D eigenvalue weighted by Crippen LogP contribution is 2.15. The van der Waals surface area contributed by atoms with Crippen molar-refractivity contribution in [2.45, 2.75) is 24.8 Å². The number of hydrogen-bond acceptors (Lipinski definition) is 6. The number of H-pyrrole nitrogens is 2. The molecule has 1 aliphatic carbocycles. The van der Waals surface area contributed by atoms with Crippen LogP contribution in [0.3, 0.4) is 0 Å². The Bertz CT molecular complexity index is 719. The topological polar surface area (TPSA) is 140 Å². The molecule has 0 saturated heterocycles. The van der Waals surface area contributed by atoms with Crippen molar-refractivity contribution in [2.24, 2.45) is 0 Å². The summed E-state index contributed by atoms with van der Waals surface area (Å²) in [7, 11) is 0. The fraction of sp³-hybridized carbons (Fsp3) is 0.333. The first-order valence-electron chi connectivity index (χ1n) is 6.20. The summed E-state index contributed by atoms with van der Waals surface area (Å²) in [5, 5.41) is 22.6. The summed E-state index contributed by atoms with van der Waals surface area (Å²) >= 11 is 0. The Morgan fingerprint density at radius 2 is 2.20 bits per heavy atom. The Kier molecular flexibility index (Phi) is 3.05. The molecule has 8 heteroatoms. The molecule has 2 heterocycles. The average Bonchev–Trinajstić information content (AvgIpc) is 2.93. The number of aliphatic hydroxyl groups excluding tert-OH is 2. The predicted octanol–water partition coefficient (Wildman–Crippen LogP) is -1.42. The monoisotopic (exact) mass is 277 g/mol. The van der Waals surface area contributed by atoms with Gasteiger partial charge in [-0.1, -0.05) is 12.2 Å². The van der Waals surface area contributed by atoms with Crippen molar-refractivity contribution in [1.29, 1.82) is 0 Å². The quantitative estimate of drug-likeness (QED) is 0.381. The minimum absolute atomic E-state index is 0.0566. The molecule has 1 aliphatic rings. The lowest BCUT2D eigenvalue weighted by molar-refractivity contribution is 0.0441. The molecule has 0 radical (unpaired) electrons. The summed E-state index contributed by atoms with van der Waals surface area (Å²) in [6.07, 6.45) is 3.16. The van der Waals surface area contributed by atoms with Gasteiger partial charge in [-0.3, -0.25) is 9.78 Å². The second-order valence-corrected chi connectivity index (χ2v) is 4.76. The minimum Gasteiger partial charge on any atom is -0.388 e. The summed E-state index contributed by atoms with van der Waals surface area (Å²) in [5.41, 5.74) is 6.30. The molecule has 3 rings (SSSR count). The highest BCUT2D eigenvalue weighted by molar-refractivity contribution is 5.79. The molecule has 0 aliphatic heterocycles. The Morgan fingerprint density at radius 3 is 2.90 bits per heavy atom. The molecule has 2 aromatic rings. The van der Waals surface area contributed by atoms with Crippen LogP contribution in [0.15, 0.2) is 23.1 Å². The second kappa shape index (κ2) is 4.75. The van der Waals surface area contributed by atoms with Crippen LogP contribution in [0.1, 0.15) is 5.56 Å². The Balaban J connectivity index is 1.82. The van der Waals surface area contributed by atoms with E-state index in [0.29, 0.717) is 17.6 Å². The first-order chi connectivity index (χ1) is 9.56. The molecule has 0 aromatic carbocycles. The molecule has 0 fully saturated rings.